The zero-order valence-corrected chi connectivity index (χ0v) is 11.6. The van der Waals surface area contributed by atoms with Crippen LogP contribution in [0, 0.1) is 0 Å². The zero-order valence-electron chi connectivity index (χ0n) is 11.6. The van der Waals surface area contributed by atoms with Crippen molar-refractivity contribution < 1.29 is 4.74 Å². The van der Waals surface area contributed by atoms with Crippen molar-refractivity contribution in [3.8, 4) is 23.2 Å². The third kappa shape index (κ3) is 2.64. The maximum Gasteiger partial charge on any atom is 0.255 e. The molecule has 8 heteroatoms. The van der Waals surface area contributed by atoms with Crippen LogP contribution in [0.4, 0.5) is 5.95 Å². The highest BCUT2D eigenvalue weighted by Gasteiger charge is 2.10. The van der Waals surface area contributed by atoms with Gasteiger partial charge in [0, 0.05) is 37.3 Å². The summed E-state index contributed by atoms with van der Waals surface area (Å²) in [7, 11) is 3.32. The molecule has 106 valence electrons. The van der Waals surface area contributed by atoms with Gasteiger partial charge in [0.25, 0.3) is 5.95 Å². The van der Waals surface area contributed by atoms with E-state index < -0.39 is 0 Å². The van der Waals surface area contributed by atoms with E-state index in [9.17, 15) is 0 Å². The Morgan fingerprint density at radius 1 is 1.19 bits per heavy atom. The fourth-order valence-corrected chi connectivity index (χ4v) is 1.73. The van der Waals surface area contributed by atoms with E-state index in [2.05, 4.69) is 30.4 Å². The molecule has 0 radical (unpaired) electrons. The van der Waals surface area contributed by atoms with Crippen LogP contribution < -0.4 is 10.1 Å². The summed E-state index contributed by atoms with van der Waals surface area (Å²) in [5, 5.41) is 7.04. The summed E-state index contributed by atoms with van der Waals surface area (Å²) in [6, 6.07) is 5.40. The van der Waals surface area contributed by atoms with Gasteiger partial charge in [-0.25, -0.2) is 9.67 Å². The van der Waals surface area contributed by atoms with Crippen molar-refractivity contribution >= 4 is 5.95 Å². The smallest absolute Gasteiger partial charge is 0.255 e. The van der Waals surface area contributed by atoms with Gasteiger partial charge in [-0.2, -0.15) is 20.1 Å². The monoisotopic (exact) mass is 283 g/mol. The quantitative estimate of drug-likeness (QED) is 0.768. The van der Waals surface area contributed by atoms with Gasteiger partial charge in [0.2, 0.25) is 11.8 Å². The number of methoxy groups -OCH3 is 1. The summed E-state index contributed by atoms with van der Waals surface area (Å²) in [4.78, 5) is 17.2. The van der Waals surface area contributed by atoms with E-state index in [0.29, 0.717) is 23.6 Å². The first-order valence-corrected chi connectivity index (χ1v) is 6.24. The number of pyridine rings is 1. The standard InChI is InChI=1S/C13H13N7O/c1-14-12-17-11(9-4-5-10(21-2)15-8-9)18-13(19-12)20-7-3-6-16-20/h3-8H,1-2H3,(H,14,17,18,19). The highest BCUT2D eigenvalue weighted by atomic mass is 16.5. The molecule has 0 atom stereocenters. The molecule has 0 saturated carbocycles. The second kappa shape index (κ2) is 5.53. The van der Waals surface area contributed by atoms with E-state index in [1.807, 2.05) is 6.07 Å². The van der Waals surface area contributed by atoms with Gasteiger partial charge in [0.1, 0.15) is 0 Å². The molecular weight excluding hydrogens is 270 g/mol. The van der Waals surface area contributed by atoms with Gasteiger partial charge in [-0.3, -0.25) is 0 Å². The molecule has 3 aromatic rings. The lowest BCUT2D eigenvalue weighted by Gasteiger charge is -2.07. The van der Waals surface area contributed by atoms with Gasteiger partial charge < -0.3 is 10.1 Å². The molecule has 3 rings (SSSR count). The molecule has 0 aliphatic rings. The molecule has 8 nitrogen and oxygen atoms in total. The van der Waals surface area contributed by atoms with Crippen molar-refractivity contribution in [3.63, 3.8) is 0 Å². The number of aromatic nitrogens is 6. The van der Waals surface area contributed by atoms with Crippen molar-refractivity contribution in [1.29, 1.82) is 0 Å². The van der Waals surface area contributed by atoms with Crippen molar-refractivity contribution in [1.82, 2.24) is 29.7 Å². The van der Waals surface area contributed by atoms with Crippen molar-refractivity contribution in [2.45, 2.75) is 0 Å². The van der Waals surface area contributed by atoms with Crippen LogP contribution in [0.3, 0.4) is 0 Å². The van der Waals surface area contributed by atoms with Crippen LogP contribution >= 0.6 is 0 Å². The summed E-state index contributed by atoms with van der Waals surface area (Å²) in [6.45, 7) is 0. The minimum absolute atomic E-state index is 0.435. The Balaban J connectivity index is 2.06. The molecule has 0 bridgehead atoms. The Morgan fingerprint density at radius 2 is 2.10 bits per heavy atom. The first-order valence-electron chi connectivity index (χ1n) is 6.24. The Morgan fingerprint density at radius 3 is 2.71 bits per heavy atom. The van der Waals surface area contributed by atoms with Crippen LogP contribution in [0.1, 0.15) is 0 Å². The van der Waals surface area contributed by atoms with Crippen LogP contribution in [0.5, 0.6) is 5.88 Å². The highest BCUT2D eigenvalue weighted by Crippen LogP contribution is 2.18. The lowest BCUT2D eigenvalue weighted by Crippen LogP contribution is -2.08. The SMILES string of the molecule is CNc1nc(-c2ccc(OC)nc2)nc(-n2cccn2)n1. The maximum atomic E-state index is 5.04. The highest BCUT2D eigenvalue weighted by molar-refractivity contribution is 5.56. The van der Waals surface area contributed by atoms with E-state index in [1.165, 1.54) is 0 Å². The van der Waals surface area contributed by atoms with E-state index in [4.69, 9.17) is 4.74 Å². The number of rotatable bonds is 4. The molecule has 0 amide bonds. The summed E-state index contributed by atoms with van der Waals surface area (Å²) in [5.74, 6) is 1.94. The minimum atomic E-state index is 0.435. The number of nitrogens with one attached hydrogen (secondary N) is 1. The second-order valence-corrected chi connectivity index (χ2v) is 4.07. The molecule has 21 heavy (non-hydrogen) atoms. The topological polar surface area (TPSA) is 90.6 Å². The zero-order chi connectivity index (χ0) is 14.7. The molecule has 3 heterocycles. The van der Waals surface area contributed by atoms with E-state index >= 15 is 0 Å². The van der Waals surface area contributed by atoms with Gasteiger partial charge >= 0.3 is 0 Å². The molecule has 1 N–H and O–H groups in total. The van der Waals surface area contributed by atoms with Gasteiger partial charge in [-0.1, -0.05) is 0 Å². The van der Waals surface area contributed by atoms with Crippen molar-refractivity contribution in [2.24, 2.45) is 0 Å². The van der Waals surface area contributed by atoms with Gasteiger partial charge in [-0.05, 0) is 12.1 Å². The van der Waals surface area contributed by atoms with Gasteiger partial charge in [0.15, 0.2) is 5.82 Å². The average molecular weight is 283 g/mol. The molecule has 0 aliphatic heterocycles. The summed E-state index contributed by atoms with van der Waals surface area (Å²) in [6.07, 6.45) is 5.09. The number of hydrogen-bond acceptors (Lipinski definition) is 7. The molecule has 0 spiro atoms. The molecule has 3 aromatic heterocycles. The fourth-order valence-electron chi connectivity index (χ4n) is 1.73. The normalized spacial score (nSPS) is 10.4. The lowest BCUT2D eigenvalue weighted by molar-refractivity contribution is 0.398. The molecule has 0 saturated heterocycles. The number of anilines is 1. The van der Waals surface area contributed by atoms with E-state index in [-0.39, 0.29) is 0 Å². The van der Waals surface area contributed by atoms with Gasteiger partial charge in [0.05, 0.1) is 7.11 Å². The number of hydrogen-bond donors (Lipinski definition) is 1. The Labute approximate surface area is 120 Å². The predicted octanol–water partition coefficient (Wildman–Crippen LogP) is 1.17. The molecule has 0 fully saturated rings. The third-order valence-electron chi connectivity index (χ3n) is 2.76. The lowest BCUT2D eigenvalue weighted by atomic mass is 10.3. The Kier molecular flexibility index (Phi) is 3.42. The molecular formula is C13H13N7O. The maximum absolute atomic E-state index is 5.04. The van der Waals surface area contributed by atoms with Crippen LogP contribution in [0.25, 0.3) is 17.3 Å². The van der Waals surface area contributed by atoms with E-state index in [0.717, 1.165) is 5.56 Å². The number of ether oxygens (including phenoxy) is 1. The Bertz CT molecular complexity index is 725. The molecule has 0 unspecified atom stereocenters. The van der Waals surface area contributed by atoms with Gasteiger partial charge in [-0.15, -0.1) is 0 Å². The van der Waals surface area contributed by atoms with Crippen LogP contribution in [-0.2, 0) is 0 Å². The third-order valence-corrected chi connectivity index (χ3v) is 2.76. The molecule has 0 aromatic carbocycles. The first-order chi connectivity index (χ1) is 10.3. The average Bonchev–Trinajstić information content (AvgIpc) is 3.09. The summed E-state index contributed by atoms with van der Waals surface area (Å²) >= 11 is 0. The van der Waals surface area contributed by atoms with Crippen molar-refractivity contribution in [3.05, 3.63) is 36.8 Å². The Hall–Kier alpha value is -3.03. The van der Waals surface area contributed by atoms with Crippen LogP contribution in [0.2, 0.25) is 0 Å². The fraction of sp³-hybridized carbons (Fsp3) is 0.154. The van der Waals surface area contributed by atoms with Crippen LogP contribution in [0.15, 0.2) is 36.8 Å². The summed E-state index contributed by atoms with van der Waals surface area (Å²) in [5.41, 5.74) is 0.767. The van der Waals surface area contributed by atoms with E-state index in [1.54, 1.807) is 49.6 Å². The first kappa shape index (κ1) is 13.0. The van der Waals surface area contributed by atoms with Crippen molar-refractivity contribution in [2.75, 3.05) is 19.5 Å². The molecule has 0 aliphatic carbocycles. The predicted molar refractivity (Wildman–Crippen MR) is 76.3 cm³/mol. The second-order valence-electron chi connectivity index (χ2n) is 4.07. The minimum Gasteiger partial charge on any atom is -0.481 e. The van der Waals surface area contributed by atoms with Crippen LogP contribution in [-0.4, -0.2) is 43.9 Å². The number of nitrogens with zero attached hydrogens (tertiary/aromatic N) is 6. The largest absolute Gasteiger partial charge is 0.481 e. The summed E-state index contributed by atoms with van der Waals surface area (Å²) < 4.78 is 6.61.